The predicted molar refractivity (Wildman–Crippen MR) is 76.8 cm³/mol. The molecule has 0 aromatic carbocycles. The average molecular weight is 336 g/mol. The zero-order chi connectivity index (χ0) is 11.8. The summed E-state index contributed by atoms with van der Waals surface area (Å²) in [6.07, 6.45) is 2.73. The lowest BCUT2D eigenvalue weighted by atomic mass is 9.92. The summed E-state index contributed by atoms with van der Waals surface area (Å²) in [5, 5.41) is 3.52. The smallest absolute Gasteiger partial charge is 0.107 e. The molecule has 2 aliphatic rings. The number of thiophene rings is 1. The third-order valence-electron chi connectivity index (χ3n) is 3.85. The molecule has 3 rings (SSSR count). The molecular weight excluding hydrogens is 320 g/mol. The fourth-order valence-corrected chi connectivity index (χ4v) is 4.85. The first kappa shape index (κ1) is 12.4. The molecule has 0 spiro atoms. The second-order valence-electron chi connectivity index (χ2n) is 4.93. The van der Waals surface area contributed by atoms with Gasteiger partial charge in [0.15, 0.2) is 0 Å². The van der Waals surface area contributed by atoms with Crippen LogP contribution in [0.4, 0.5) is 0 Å². The van der Waals surface area contributed by atoms with Crippen molar-refractivity contribution in [1.82, 2.24) is 10.2 Å². The Labute approximate surface area is 119 Å². The van der Waals surface area contributed by atoms with E-state index in [4.69, 9.17) is 11.6 Å². The minimum atomic E-state index is 0.739. The number of halogens is 2. The van der Waals surface area contributed by atoms with Gasteiger partial charge in [0.25, 0.3) is 0 Å². The van der Waals surface area contributed by atoms with Crippen molar-refractivity contribution in [2.75, 3.05) is 19.6 Å². The fourth-order valence-electron chi connectivity index (χ4n) is 3.03. The molecular formula is C12H16BrClN2S. The van der Waals surface area contributed by atoms with Crippen molar-refractivity contribution in [1.29, 1.82) is 0 Å². The van der Waals surface area contributed by atoms with E-state index < -0.39 is 0 Å². The van der Waals surface area contributed by atoms with Gasteiger partial charge in [0.2, 0.25) is 0 Å². The van der Waals surface area contributed by atoms with E-state index in [1.165, 1.54) is 30.8 Å². The predicted octanol–water partition coefficient (Wildman–Crippen LogP) is 3.35. The molecule has 1 N–H and O–H groups in total. The number of fused-ring (bicyclic) bond motifs is 1. The topological polar surface area (TPSA) is 15.3 Å². The maximum absolute atomic E-state index is 6.10. The molecule has 0 radical (unpaired) electrons. The van der Waals surface area contributed by atoms with Crippen LogP contribution in [0, 0.1) is 5.92 Å². The van der Waals surface area contributed by atoms with E-state index in [0.29, 0.717) is 0 Å². The number of hydrogen-bond acceptors (Lipinski definition) is 3. The first-order chi connectivity index (χ1) is 8.24. The molecule has 2 saturated heterocycles. The molecule has 2 fully saturated rings. The third kappa shape index (κ3) is 2.56. The summed E-state index contributed by atoms with van der Waals surface area (Å²) in [6.45, 7) is 4.65. The highest BCUT2D eigenvalue weighted by molar-refractivity contribution is 9.10. The van der Waals surface area contributed by atoms with Crippen molar-refractivity contribution in [2.24, 2.45) is 5.92 Å². The van der Waals surface area contributed by atoms with Crippen molar-refractivity contribution < 1.29 is 0 Å². The SMILES string of the molecule is Clc1sc(CN2CCCC3CNCC32)cc1Br. The maximum atomic E-state index is 6.10. The van der Waals surface area contributed by atoms with Crippen molar-refractivity contribution in [2.45, 2.75) is 25.4 Å². The summed E-state index contributed by atoms with van der Waals surface area (Å²) in [5.74, 6) is 0.864. The van der Waals surface area contributed by atoms with E-state index in [1.807, 2.05) is 0 Å². The van der Waals surface area contributed by atoms with Gasteiger partial charge in [-0.05, 0) is 53.8 Å². The van der Waals surface area contributed by atoms with Gasteiger partial charge in [0, 0.05) is 28.5 Å². The number of nitrogens with zero attached hydrogens (tertiary/aromatic N) is 1. The van der Waals surface area contributed by atoms with E-state index in [2.05, 4.69) is 32.2 Å². The third-order valence-corrected chi connectivity index (χ3v) is 6.31. The highest BCUT2D eigenvalue weighted by Crippen LogP contribution is 2.34. The number of likely N-dealkylation sites (tertiary alicyclic amines) is 1. The molecule has 94 valence electrons. The first-order valence-electron chi connectivity index (χ1n) is 6.12. The van der Waals surface area contributed by atoms with Crippen molar-refractivity contribution >= 4 is 38.9 Å². The second-order valence-corrected chi connectivity index (χ2v) is 7.53. The molecule has 1 aromatic rings. The Kier molecular flexibility index (Phi) is 3.78. The number of hydrogen-bond donors (Lipinski definition) is 1. The van der Waals surface area contributed by atoms with E-state index in [1.54, 1.807) is 11.3 Å². The molecule has 0 bridgehead atoms. The normalized spacial score (nSPS) is 29.5. The van der Waals surface area contributed by atoms with Gasteiger partial charge in [-0.1, -0.05) is 11.6 Å². The molecule has 17 heavy (non-hydrogen) atoms. The van der Waals surface area contributed by atoms with E-state index in [9.17, 15) is 0 Å². The van der Waals surface area contributed by atoms with Gasteiger partial charge < -0.3 is 5.32 Å². The Morgan fingerprint density at radius 3 is 3.18 bits per heavy atom. The lowest BCUT2D eigenvalue weighted by Gasteiger charge is -2.36. The number of rotatable bonds is 2. The Balaban J connectivity index is 1.71. The molecule has 0 amide bonds. The lowest BCUT2D eigenvalue weighted by Crippen LogP contribution is -2.44. The van der Waals surface area contributed by atoms with Crippen LogP contribution in [0.25, 0.3) is 0 Å². The molecule has 5 heteroatoms. The standard InChI is InChI=1S/C12H16BrClN2S/c13-10-4-9(17-12(10)14)7-16-3-1-2-8-5-15-6-11(8)16/h4,8,11,15H,1-3,5-7H2. The highest BCUT2D eigenvalue weighted by Gasteiger charge is 2.34. The van der Waals surface area contributed by atoms with Crippen molar-refractivity contribution in [3.05, 3.63) is 19.8 Å². The molecule has 0 saturated carbocycles. The zero-order valence-corrected chi connectivity index (χ0v) is 12.7. The highest BCUT2D eigenvalue weighted by atomic mass is 79.9. The summed E-state index contributed by atoms with van der Waals surface area (Å²) < 4.78 is 1.91. The Bertz CT molecular complexity index is 390. The molecule has 2 nitrogen and oxygen atoms in total. The lowest BCUT2D eigenvalue weighted by molar-refractivity contribution is 0.119. The van der Waals surface area contributed by atoms with Crippen LogP contribution in [-0.4, -0.2) is 30.6 Å². The first-order valence-corrected chi connectivity index (χ1v) is 8.11. The van der Waals surface area contributed by atoms with Crippen LogP contribution in [-0.2, 0) is 6.54 Å². The summed E-state index contributed by atoms with van der Waals surface area (Å²) in [7, 11) is 0. The quantitative estimate of drug-likeness (QED) is 0.891. The number of nitrogens with one attached hydrogen (secondary N) is 1. The summed E-state index contributed by atoms with van der Waals surface area (Å²) >= 11 is 11.3. The van der Waals surface area contributed by atoms with Gasteiger partial charge in [0.1, 0.15) is 4.34 Å². The molecule has 2 unspecified atom stereocenters. The van der Waals surface area contributed by atoms with Gasteiger partial charge in [-0.25, -0.2) is 0 Å². The molecule has 1 aromatic heterocycles. The largest absolute Gasteiger partial charge is 0.315 e. The van der Waals surface area contributed by atoms with Gasteiger partial charge in [0.05, 0.1) is 0 Å². The van der Waals surface area contributed by atoms with Crippen LogP contribution in [0.15, 0.2) is 10.5 Å². The zero-order valence-electron chi connectivity index (χ0n) is 9.59. The van der Waals surface area contributed by atoms with Crippen LogP contribution >= 0.6 is 38.9 Å². The Morgan fingerprint density at radius 2 is 2.41 bits per heavy atom. The molecule has 0 aliphatic carbocycles. The van der Waals surface area contributed by atoms with Crippen LogP contribution in [0.1, 0.15) is 17.7 Å². The molecule has 2 aliphatic heterocycles. The van der Waals surface area contributed by atoms with Crippen LogP contribution in [0.3, 0.4) is 0 Å². The molecule has 2 atom stereocenters. The average Bonchev–Trinajstić information content (AvgIpc) is 2.87. The van der Waals surface area contributed by atoms with Gasteiger partial charge in [-0.3, -0.25) is 4.90 Å². The van der Waals surface area contributed by atoms with Gasteiger partial charge in [-0.2, -0.15) is 0 Å². The van der Waals surface area contributed by atoms with E-state index in [0.717, 1.165) is 33.9 Å². The maximum Gasteiger partial charge on any atom is 0.107 e. The van der Waals surface area contributed by atoms with E-state index >= 15 is 0 Å². The van der Waals surface area contributed by atoms with Crippen LogP contribution in [0.5, 0.6) is 0 Å². The Hall–Kier alpha value is 0.390. The van der Waals surface area contributed by atoms with Gasteiger partial charge >= 0.3 is 0 Å². The van der Waals surface area contributed by atoms with Crippen LogP contribution in [0.2, 0.25) is 4.34 Å². The fraction of sp³-hybridized carbons (Fsp3) is 0.667. The minimum absolute atomic E-state index is 0.739. The minimum Gasteiger partial charge on any atom is -0.315 e. The van der Waals surface area contributed by atoms with Crippen LogP contribution < -0.4 is 5.32 Å². The van der Waals surface area contributed by atoms with Crippen molar-refractivity contribution in [3.63, 3.8) is 0 Å². The number of piperidine rings is 1. The van der Waals surface area contributed by atoms with E-state index in [-0.39, 0.29) is 0 Å². The molecule has 3 heterocycles. The van der Waals surface area contributed by atoms with Crippen molar-refractivity contribution in [3.8, 4) is 0 Å². The summed E-state index contributed by atoms with van der Waals surface area (Å²) in [5.41, 5.74) is 0. The van der Waals surface area contributed by atoms with Gasteiger partial charge in [-0.15, -0.1) is 11.3 Å². The summed E-state index contributed by atoms with van der Waals surface area (Å²) in [4.78, 5) is 4.00. The summed E-state index contributed by atoms with van der Waals surface area (Å²) in [6, 6.07) is 2.90. The Morgan fingerprint density at radius 1 is 1.53 bits per heavy atom. The monoisotopic (exact) mass is 334 g/mol. The second kappa shape index (κ2) is 5.17.